The van der Waals surface area contributed by atoms with Gasteiger partial charge in [0.1, 0.15) is 5.78 Å². The lowest BCUT2D eigenvalue weighted by atomic mass is 9.93. The van der Waals surface area contributed by atoms with E-state index < -0.39 is 16.4 Å². The smallest absolute Gasteiger partial charge is 0.304 e. The highest BCUT2D eigenvalue weighted by molar-refractivity contribution is 5.82. The highest BCUT2D eigenvalue weighted by Gasteiger charge is 2.24. The van der Waals surface area contributed by atoms with Crippen LogP contribution in [0.25, 0.3) is 0 Å². The summed E-state index contributed by atoms with van der Waals surface area (Å²) >= 11 is 0. The van der Waals surface area contributed by atoms with Gasteiger partial charge in [-0.1, -0.05) is 6.07 Å². The first-order chi connectivity index (χ1) is 8.58. The average Bonchev–Trinajstić information content (AvgIpc) is 2.32. The van der Waals surface area contributed by atoms with E-state index in [1.807, 2.05) is 0 Å². The number of nitro groups is 1. The van der Waals surface area contributed by atoms with Crippen LogP contribution in [0.5, 0.6) is 0 Å². The molecule has 1 unspecified atom stereocenters. The minimum atomic E-state index is -0.873. The molecule has 1 saturated heterocycles. The van der Waals surface area contributed by atoms with Crippen LogP contribution in [-0.4, -0.2) is 23.9 Å². The first-order valence-corrected chi connectivity index (χ1v) is 5.61. The van der Waals surface area contributed by atoms with E-state index in [-0.39, 0.29) is 11.7 Å². The minimum Gasteiger partial charge on any atom is -0.380 e. The maximum atomic E-state index is 13.4. The van der Waals surface area contributed by atoms with Gasteiger partial charge in [0, 0.05) is 18.4 Å². The number of ether oxygens (including phenoxy) is 1. The molecule has 96 valence electrons. The van der Waals surface area contributed by atoms with E-state index in [2.05, 4.69) is 0 Å². The molecule has 0 saturated carbocycles. The van der Waals surface area contributed by atoms with E-state index in [4.69, 9.17) is 4.74 Å². The molecule has 0 bridgehead atoms. The minimum absolute atomic E-state index is 0.0972. The lowest BCUT2D eigenvalue weighted by Crippen LogP contribution is -2.29. The molecule has 0 radical (unpaired) electrons. The van der Waals surface area contributed by atoms with Gasteiger partial charge in [0.25, 0.3) is 0 Å². The Morgan fingerprint density at radius 1 is 1.50 bits per heavy atom. The predicted molar refractivity (Wildman–Crippen MR) is 60.7 cm³/mol. The zero-order valence-electron chi connectivity index (χ0n) is 9.60. The Kier molecular flexibility index (Phi) is 3.66. The highest BCUT2D eigenvalue weighted by Crippen LogP contribution is 2.21. The Hall–Kier alpha value is -1.82. The molecule has 1 atom stereocenters. The summed E-state index contributed by atoms with van der Waals surface area (Å²) in [6.07, 6.45) is 0.730. The molecular formula is C12H12FNO4. The molecule has 0 aromatic heterocycles. The Balaban J connectivity index is 2.12. The maximum absolute atomic E-state index is 13.4. The van der Waals surface area contributed by atoms with Crippen molar-refractivity contribution in [1.82, 2.24) is 0 Å². The van der Waals surface area contributed by atoms with E-state index in [9.17, 15) is 19.3 Å². The topological polar surface area (TPSA) is 69.4 Å². The van der Waals surface area contributed by atoms with Crippen LogP contribution in [-0.2, 0) is 16.0 Å². The molecule has 0 amide bonds. The average molecular weight is 253 g/mol. The van der Waals surface area contributed by atoms with Gasteiger partial charge in [0.2, 0.25) is 5.82 Å². The van der Waals surface area contributed by atoms with Gasteiger partial charge in [-0.05, 0) is 18.1 Å². The van der Waals surface area contributed by atoms with Crippen molar-refractivity contribution >= 4 is 11.5 Å². The Bertz CT molecular complexity index is 489. The first kappa shape index (κ1) is 12.6. The number of carbonyl (C=O) groups excluding carboxylic acids is 1. The Morgan fingerprint density at radius 3 is 2.89 bits per heavy atom. The summed E-state index contributed by atoms with van der Waals surface area (Å²) in [5.74, 6) is -1.05. The second-order valence-electron chi connectivity index (χ2n) is 4.24. The molecule has 1 fully saturated rings. The first-order valence-electron chi connectivity index (χ1n) is 5.61. The number of hydrogen-bond acceptors (Lipinski definition) is 4. The number of halogens is 1. The summed E-state index contributed by atoms with van der Waals surface area (Å²) in [7, 11) is 0. The number of benzene rings is 1. The second-order valence-corrected chi connectivity index (χ2v) is 4.24. The molecule has 1 heterocycles. The van der Waals surface area contributed by atoms with Gasteiger partial charge in [-0.25, -0.2) is 0 Å². The number of hydrogen-bond donors (Lipinski definition) is 0. The third kappa shape index (κ3) is 2.70. The van der Waals surface area contributed by atoms with Crippen molar-refractivity contribution in [2.24, 2.45) is 5.92 Å². The van der Waals surface area contributed by atoms with Crippen LogP contribution in [0.3, 0.4) is 0 Å². The third-order valence-electron chi connectivity index (χ3n) is 2.96. The standard InChI is InChI=1S/C12H12FNO4/c13-10-6-8(1-2-11(10)14(16)17)5-9-7-18-4-3-12(9)15/h1-2,6,9H,3-5,7H2. The van der Waals surface area contributed by atoms with Crippen LogP contribution in [0, 0.1) is 21.8 Å². The number of nitrogens with zero attached hydrogens (tertiary/aromatic N) is 1. The van der Waals surface area contributed by atoms with Crippen molar-refractivity contribution in [1.29, 1.82) is 0 Å². The Morgan fingerprint density at radius 2 is 2.28 bits per heavy atom. The molecule has 6 heteroatoms. The van der Waals surface area contributed by atoms with Crippen molar-refractivity contribution < 1.29 is 18.8 Å². The molecule has 0 aliphatic carbocycles. The fourth-order valence-electron chi connectivity index (χ4n) is 1.98. The number of nitro benzene ring substituents is 1. The van der Waals surface area contributed by atoms with Crippen LogP contribution in [0.15, 0.2) is 18.2 Å². The van der Waals surface area contributed by atoms with Crippen LogP contribution >= 0.6 is 0 Å². The lowest BCUT2D eigenvalue weighted by molar-refractivity contribution is -0.387. The summed E-state index contributed by atoms with van der Waals surface area (Å²) in [5.41, 5.74) is 0.0203. The maximum Gasteiger partial charge on any atom is 0.304 e. The zero-order chi connectivity index (χ0) is 13.1. The Labute approximate surface area is 103 Å². The molecule has 0 spiro atoms. The number of Topliss-reactive ketones (excluding diaryl/α,β-unsaturated/α-hetero) is 1. The van der Waals surface area contributed by atoms with E-state index in [0.29, 0.717) is 31.6 Å². The second kappa shape index (κ2) is 5.22. The van der Waals surface area contributed by atoms with Crippen molar-refractivity contribution in [2.45, 2.75) is 12.8 Å². The summed E-state index contributed by atoms with van der Waals surface area (Å²) in [6, 6.07) is 3.71. The molecule has 1 aromatic rings. The molecule has 0 N–H and O–H groups in total. The fourth-order valence-corrected chi connectivity index (χ4v) is 1.98. The van der Waals surface area contributed by atoms with Gasteiger partial charge in [-0.2, -0.15) is 4.39 Å². The van der Waals surface area contributed by atoms with Crippen LogP contribution in [0.4, 0.5) is 10.1 Å². The number of rotatable bonds is 3. The largest absolute Gasteiger partial charge is 0.380 e. The predicted octanol–water partition coefficient (Wildman–Crippen LogP) is 1.88. The SMILES string of the molecule is O=C1CCOCC1Cc1ccc([N+](=O)[O-])c(F)c1. The molecule has 5 nitrogen and oxygen atoms in total. The zero-order valence-corrected chi connectivity index (χ0v) is 9.60. The van der Waals surface area contributed by atoms with Crippen LogP contribution < -0.4 is 0 Å². The third-order valence-corrected chi connectivity index (χ3v) is 2.96. The number of ketones is 1. The summed E-state index contributed by atoms with van der Waals surface area (Å²) in [6.45, 7) is 0.765. The molecule has 18 heavy (non-hydrogen) atoms. The highest BCUT2D eigenvalue weighted by atomic mass is 19.1. The van der Waals surface area contributed by atoms with Crippen molar-refractivity contribution in [3.8, 4) is 0 Å². The summed E-state index contributed by atoms with van der Waals surface area (Å²) < 4.78 is 18.6. The van der Waals surface area contributed by atoms with E-state index in [1.165, 1.54) is 6.07 Å². The molecule has 1 aliphatic rings. The molecule has 1 aliphatic heterocycles. The van der Waals surface area contributed by atoms with E-state index in [0.717, 1.165) is 12.1 Å². The van der Waals surface area contributed by atoms with Gasteiger partial charge in [-0.3, -0.25) is 14.9 Å². The monoisotopic (exact) mass is 253 g/mol. The quantitative estimate of drug-likeness (QED) is 0.609. The van der Waals surface area contributed by atoms with E-state index in [1.54, 1.807) is 0 Å². The normalized spacial score (nSPS) is 19.8. The molecular weight excluding hydrogens is 241 g/mol. The van der Waals surface area contributed by atoms with Crippen molar-refractivity contribution in [3.05, 3.63) is 39.7 Å². The fraction of sp³-hybridized carbons (Fsp3) is 0.417. The van der Waals surface area contributed by atoms with Crippen LogP contribution in [0.2, 0.25) is 0 Å². The summed E-state index contributed by atoms with van der Waals surface area (Å²) in [4.78, 5) is 21.3. The van der Waals surface area contributed by atoms with Gasteiger partial charge >= 0.3 is 5.69 Å². The van der Waals surface area contributed by atoms with Gasteiger partial charge in [0.15, 0.2) is 0 Å². The van der Waals surface area contributed by atoms with Crippen molar-refractivity contribution in [2.75, 3.05) is 13.2 Å². The van der Waals surface area contributed by atoms with Crippen molar-refractivity contribution in [3.63, 3.8) is 0 Å². The summed E-state index contributed by atoms with van der Waals surface area (Å²) in [5, 5.41) is 10.5. The molecule has 2 rings (SSSR count). The van der Waals surface area contributed by atoms with Crippen LogP contribution in [0.1, 0.15) is 12.0 Å². The van der Waals surface area contributed by atoms with Gasteiger partial charge < -0.3 is 4.74 Å². The lowest BCUT2D eigenvalue weighted by Gasteiger charge is -2.20. The number of carbonyl (C=O) groups is 1. The van der Waals surface area contributed by atoms with Gasteiger partial charge in [0.05, 0.1) is 18.1 Å². The molecule has 1 aromatic carbocycles. The van der Waals surface area contributed by atoms with E-state index >= 15 is 0 Å². The van der Waals surface area contributed by atoms with Gasteiger partial charge in [-0.15, -0.1) is 0 Å².